The molecule has 8 nitrogen and oxygen atoms in total. The number of carbonyl (C=O) groups excluding carboxylic acids is 2. The van der Waals surface area contributed by atoms with Crippen molar-refractivity contribution >= 4 is 50.7 Å². The highest BCUT2D eigenvalue weighted by Crippen LogP contribution is 2.28. The molecule has 0 spiro atoms. The number of benzene rings is 3. The minimum Gasteiger partial charge on any atom is -0.489 e. The first kappa shape index (κ1) is 32.2. The van der Waals surface area contributed by atoms with E-state index in [0.717, 1.165) is 22.5 Å². The van der Waals surface area contributed by atoms with Gasteiger partial charge in [-0.2, -0.15) is 0 Å². The second-order valence-corrected chi connectivity index (χ2v) is 12.2. The topological polar surface area (TPSA) is 96.0 Å². The van der Waals surface area contributed by atoms with E-state index < -0.39 is 28.5 Å². The number of halogens is 2. The van der Waals surface area contributed by atoms with Crippen LogP contribution in [0, 0.1) is 0 Å². The minimum atomic E-state index is -3.88. The number of nitrogens with one attached hydrogen (secondary N) is 1. The van der Waals surface area contributed by atoms with Crippen molar-refractivity contribution in [3.05, 3.63) is 94.0 Å². The van der Waals surface area contributed by atoms with E-state index in [2.05, 4.69) is 5.32 Å². The summed E-state index contributed by atoms with van der Waals surface area (Å²) >= 11 is 12.8. The van der Waals surface area contributed by atoms with Crippen molar-refractivity contribution in [2.24, 2.45) is 0 Å². The van der Waals surface area contributed by atoms with Gasteiger partial charge in [0.2, 0.25) is 21.8 Å². The molecule has 2 amide bonds. The predicted molar refractivity (Wildman–Crippen MR) is 164 cm³/mol. The van der Waals surface area contributed by atoms with Crippen molar-refractivity contribution in [1.29, 1.82) is 0 Å². The Morgan fingerprint density at radius 1 is 0.927 bits per heavy atom. The van der Waals surface area contributed by atoms with Crippen molar-refractivity contribution in [2.75, 3.05) is 23.7 Å². The van der Waals surface area contributed by atoms with E-state index in [4.69, 9.17) is 27.9 Å². The zero-order valence-corrected chi connectivity index (χ0v) is 25.7. The number of amides is 2. The van der Waals surface area contributed by atoms with Crippen molar-refractivity contribution in [2.45, 2.75) is 45.9 Å². The summed E-state index contributed by atoms with van der Waals surface area (Å²) in [5.41, 5.74) is 1.75. The first-order chi connectivity index (χ1) is 19.5. The first-order valence-electron chi connectivity index (χ1n) is 13.3. The van der Waals surface area contributed by atoms with E-state index >= 15 is 0 Å². The molecule has 0 radical (unpaired) electrons. The Bertz CT molecular complexity index is 1400. The molecular weight excluding hydrogens is 585 g/mol. The molecule has 0 saturated carbocycles. The lowest BCUT2D eigenvalue weighted by molar-refractivity contribution is -0.140. The number of hydrogen-bond acceptors (Lipinski definition) is 5. The maximum Gasteiger partial charge on any atom is 0.244 e. The molecule has 0 aliphatic carbocycles. The summed E-state index contributed by atoms with van der Waals surface area (Å²) in [4.78, 5) is 28.3. The summed E-state index contributed by atoms with van der Waals surface area (Å²) in [5, 5.41) is 3.51. The lowest BCUT2D eigenvalue weighted by Gasteiger charge is -2.33. The van der Waals surface area contributed by atoms with Crippen molar-refractivity contribution < 1.29 is 22.7 Å². The number of sulfonamides is 1. The third-order valence-electron chi connectivity index (χ3n) is 6.38. The van der Waals surface area contributed by atoms with Crippen molar-refractivity contribution in [3.63, 3.8) is 0 Å². The number of nitrogens with zero attached hydrogens (tertiary/aromatic N) is 2. The highest BCUT2D eigenvalue weighted by Gasteiger charge is 2.32. The zero-order valence-electron chi connectivity index (χ0n) is 23.3. The molecule has 0 bridgehead atoms. The van der Waals surface area contributed by atoms with Gasteiger partial charge in [-0.05, 0) is 54.8 Å². The van der Waals surface area contributed by atoms with Gasteiger partial charge in [0.25, 0.3) is 0 Å². The van der Waals surface area contributed by atoms with Crippen molar-refractivity contribution in [1.82, 2.24) is 10.2 Å². The van der Waals surface area contributed by atoms with Crippen LogP contribution in [0.2, 0.25) is 10.0 Å². The van der Waals surface area contributed by atoms with Crippen molar-refractivity contribution in [3.8, 4) is 5.75 Å². The number of anilines is 1. The zero-order chi connectivity index (χ0) is 30.0. The summed E-state index contributed by atoms with van der Waals surface area (Å²) in [6, 6.07) is 20.2. The Morgan fingerprint density at radius 3 is 2.12 bits per heavy atom. The molecular formula is C30H35Cl2N3O5S. The molecule has 0 aromatic heterocycles. The molecule has 1 atom stereocenters. The molecule has 11 heteroatoms. The third kappa shape index (κ3) is 9.11. The highest BCUT2D eigenvalue weighted by atomic mass is 35.5. The van der Waals surface area contributed by atoms with E-state index in [0.29, 0.717) is 40.9 Å². The van der Waals surface area contributed by atoms with Crippen LogP contribution in [0.15, 0.2) is 72.8 Å². The van der Waals surface area contributed by atoms with Crippen LogP contribution in [-0.2, 0) is 32.8 Å². The molecule has 3 aromatic rings. The van der Waals surface area contributed by atoms with Gasteiger partial charge in [0.15, 0.2) is 0 Å². The van der Waals surface area contributed by atoms with Gasteiger partial charge in [0.1, 0.15) is 24.9 Å². The normalized spacial score (nSPS) is 11.9. The van der Waals surface area contributed by atoms with Crippen LogP contribution < -0.4 is 14.4 Å². The van der Waals surface area contributed by atoms with Gasteiger partial charge in [0.05, 0.1) is 11.9 Å². The largest absolute Gasteiger partial charge is 0.489 e. The highest BCUT2D eigenvalue weighted by molar-refractivity contribution is 7.92. The summed E-state index contributed by atoms with van der Waals surface area (Å²) in [7, 11) is -3.88. The fourth-order valence-corrected chi connectivity index (χ4v) is 5.57. The molecule has 0 aliphatic rings. The van der Waals surface area contributed by atoms with Crippen LogP contribution >= 0.6 is 23.2 Å². The van der Waals surface area contributed by atoms with Crippen LogP contribution in [-0.4, -0.2) is 50.5 Å². The predicted octanol–water partition coefficient (Wildman–Crippen LogP) is 5.67. The Balaban J connectivity index is 1.88. The maximum atomic E-state index is 13.8. The average Bonchev–Trinajstić information content (AvgIpc) is 2.95. The van der Waals surface area contributed by atoms with Gasteiger partial charge in [-0.1, -0.05) is 73.4 Å². The molecule has 3 aromatic carbocycles. The monoisotopic (exact) mass is 619 g/mol. The molecule has 41 heavy (non-hydrogen) atoms. The Labute approximate surface area is 252 Å². The van der Waals surface area contributed by atoms with Crippen LogP contribution in [0.3, 0.4) is 0 Å². The van der Waals surface area contributed by atoms with Gasteiger partial charge in [-0.15, -0.1) is 0 Å². The lowest BCUT2D eigenvalue weighted by atomic mass is 10.1. The molecule has 1 unspecified atom stereocenters. The molecule has 220 valence electrons. The standard InChI is InChI=1S/C30H35Cl2N3O5S/c1-4-18-33-30(37)28(5-2)34(19-25-26(31)12-9-13-27(25)32)29(36)20-35(41(3,38)39)23-14-16-24(17-15-23)40-21-22-10-7-6-8-11-22/h6-17,28H,4-5,18-21H2,1-3H3,(H,33,37). The fourth-order valence-electron chi connectivity index (χ4n) is 4.20. The number of hydrogen-bond donors (Lipinski definition) is 1. The Kier molecular flexibility index (Phi) is 11.9. The van der Waals surface area contributed by atoms with E-state index in [-0.39, 0.29) is 18.1 Å². The molecule has 0 aliphatic heterocycles. The molecule has 0 saturated heterocycles. The Morgan fingerprint density at radius 2 is 1.56 bits per heavy atom. The number of rotatable bonds is 14. The maximum absolute atomic E-state index is 13.8. The van der Waals surface area contributed by atoms with Crippen LogP contribution in [0.1, 0.15) is 37.8 Å². The van der Waals surface area contributed by atoms with E-state index in [1.54, 1.807) is 49.4 Å². The minimum absolute atomic E-state index is 0.0702. The third-order valence-corrected chi connectivity index (χ3v) is 8.23. The second kappa shape index (κ2) is 15.1. The van der Waals surface area contributed by atoms with E-state index in [9.17, 15) is 18.0 Å². The molecule has 0 heterocycles. The van der Waals surface area contributed by atoms with Gasteiger partial charge < -0.3 is 15.0 Å². The molecule has 3 rings (SSSR count). The number of carbonyl (C=O) groups is 2. The summed E-state index contributed by atoms with van der Waals surface area (Å²) in [6.07, 6.45) is 2.05. The smallest absolute Gasteiger partial charge is 0.244 e. The van der Waals surface area contributed by atoms with Gasteiger partial charge >= 0.3 is 0 Å². The quantitative estimate of drug-likeness (QED) is 0.251. The van der Waals surface area contributed by atoms with E-state index in [1.165, 1.54) is 4.90 Å². The van der Waals surface area contributed by atoms with Gasteiger partial charge in [-0.25, -0.2) is 8.42 Å². The molecule has 1 N–H and O–H groups in total. The summed E-state index contributed by atoms with van der Waals surface area (Å²) < 4.78 is 32.6. The fraction of sp³-hybridized carbons (Fsp3) is 0.333. The summed E-state index contributed by atoms with van der Waals surface area (Å²) in [5.74, 6) is -0.364. The van der Waals surface area contributed by atoms with Crippen LogP contribution in [0.25, 0.3) is 0 Å². The van der Waals surface area contributed by atoms with Gasteiger partial charge in [0, 0.05) is 28.7 Å². The second-order valence-electron chi connectivity index (χ2n) is 9.47. The molecule has 0 fully saturated rings. The Hall–Kier alpha value is -3.27. The van der Waals surface area contributed by atoms with Crippen LogP contribution in [0.5, 0.6) is 5.75 Å². The van der Waals surface area contributed by atoms with Crippen LogP contribution in [0.4, 0.5) is 5.69 Å². The first-order valence-corrected chi connectivity index (χ1v) is 15.9. The van der Waals surface area contributed by atoms with Gasteiger partial charge in [-0.3, -0.25) is 13.9 Å². The van der Waals surface area contributed by atoms with E-state index in [1.807, 2.05) is 37.3 Å². The number of ether oxygens (including phenoxy) is 1. The lowest BCUT2D eigenvalue weighted by Crippen LogP contribution is -2.52. The summed E-state index contributed by atoms with van der Waals surface area (Å²) in [6.45, 7) is 3.91. The average molecular weight is 621 g/mol. The SMILES string of the molecule is CCCNC(=O)C(CC)N(Cc1c(Cl)cccc1Cl)C(=O)CN(c1ccc(OCc2ccccc2)cc1)S(C)(=O)=O.